The van der Waals surface area contributed by atoms with Crippen molar-refractivity contribution in [3.63, 3.8) is 0 Å². The molecule has 0 radical (unpaired) electrons. The number of hydrogen-bond donors (Lipinski definition) is 0. The molecule has 44 heavy (non-hydrogen) atoms. The Bertz CT molecular complexity index is 1300. The first kappa shape index (κ1) is 33.0. The van der Waals surface area contributed by atoms with Crippen LogP contribution in [0.5, 0.6) is 0 Å². The maximum Gasteiger partial charge on any atom is 0.417 e. The van der Waals surface area contributed by atoms with Gasteiger partial charge in [0.1, 0.15) is 5.82 Å². The van der Waals surface area contributed by atoms with E-state index in [4.69, 9.17) is 11.6 Å². The minimum atomic E-state index is -5.22. The van der Waals surface area contributed by atoms with Crippen LogP contribution in [0.2, 0.25) is 5.02 Å². The first-order valence-electron chi connectivity index (χ1n) is 15.2. The number of carbonyl (C=O) groups excluding carboxylic acids is 1. The SMILES string of the molecule is O=C(Cc1c(F)cccc1Cl)N1CCC(CCN2CCN(C3CCCCC3)CC2)(c2ccc(C(F)(F)F)c(C(F)(F)F)c2)C1. The van der Waals surface area contributed by atoms with Crippen molar-refractivity contribution >= 4 is 17.5 Å². The van der Waals surface area contributed by atoms with E-state index in [-0.39, 0.29) is 42.1 Å². The van der Waals surface area contributed by atoms with Crippen molar-refractivity contribution < 1.29 is 35.5 Å². The topological polar surface area (TPSA) is 26.8 Å². The van der Waals surface area contributed by atoms with Crippen LogP contribution >= 0.6 is 11.6 Å². The number of rotatable bonds is 7. The lowest BCUT2D eigenvalue weighted by Crippen LogP contribution is -2.51. The number of carbonyl (C=O) groups is 1. The van der Waals surface area contributed by atoms with Crippen molar-refractivity contribution in [2.24, 2.45) is 0 Å². The average Bonchev–Trinajstić information content (AvgIpc) is 3.43. The van der Waals surface area contributed by atoms with Crippen molar-refractivity contribution in [1.82, 2.24) is 14.7 Å². The van der Waals surface area contributed by atoms with Gasteiger partial charge in [-0.1, -0.05) is 43.0 Å². The van der Waals surface area contributed by atoms with Crippen LogP contribution in [0.25, 0.3) is 0 Å². The number of halogens is 8. The van der Waals surface area contributed by atoms with Crippen LogP contribution in [0, 0.1) is 5.82 Å². The van der Waals surface area contributed by atoms with Crippen molar-refractivity contribution in [2.45, 2.75) is 75.2 Å². The van der Waals surface area contributed by atoms with Crippen molar-refractivity contribution in [3.05, 3.63) is 69.5 Å². The number of alkyl halides is 6. The summed E-state index contributed by atoms with van der Waals surface area (Å²) in [7, 11) is 0. The molecule has 5 rings (SSSR count). The lowest BCUT2D eigenvalue weighted by Gasteiger charge is -2.42. The fourth-order valence-corrected chi connectivity index (χ4v) is 7.39. The zero-order valence-electron chi connectivity index (χ0n) is 24.4. The van der Waals surface area contributed by atoms with Gasteiger partial charge in [-0.25, -0.2) is 4.39 Å². The molecule has 4 nitrogen and oxygen atoms in total. The molecule has 1 unspecified atom stereocenters. The van der Waals surface area contributed by atoms with Gasteiger partial charge in [0.25, 0.3) is 0 Å². The minimum absolute atomic E-state index is 0.0165. The predicted octanol–water partition coefficient (Wildman–Crippen LogP) is 7.57. The van der Waals surface area contributed by atoms with Gasteiger partial charge in [-0.2, -0.15) is 26.3 Å². The van der Waals surface area contributed by atoms with Crippen molar-refractivity contribution in [2.75, 3.05) is 45.8 Å². The van der Waals surface area contributed by atoms with E-state index in [0.717, 1.165) is 32.2 Å². The van der Waals surface area contributed by atoms with E-state index in [1.165, 1.54) is 55.2 Å². The molecule has 3 fully saturated rings. The van der Waals surface area contributed by atoms with E-state index in [1.807, 2.05) is 0 Å². The second kappa shape index (κ2) is 13.2. The summed E-state index contributed by atoms with van der Waals surface area (Å²) >= 11 is 6.12. The van der Waals surface area contributed by atoms with E-state index >= 15 is 0 Å². The molecule has 2 aromatic rings. The number of benzene rings is 2. The number of likely N-dealkylation sites (tertiary alicyclic amines) is 1. The highest BCUT2D eigenvalue weighted by Gasteiger charge is 2.47. The van der Waals surface area contributed by atoms with Crippen LogP contribution in [0.4, 0.5) is 30.7 Å². The van der Waals surface area contributed by atoms with Crippen LogP contribution in [0.1, 0.15) is 67.2 Å². The summed E-state index contributed by atoms with van der Waals surface area (Å²) in [5.41, 5.74) is -4.31. The minimum Gasteiger partial charge on any atom is -0.341 e. The first-order valence-corrected chi connectivity index (χ1v) is 15.6. The summed E-state index contributed by atoms with van der Waals surface area (Å²) in [5.74, 6) is -1.08. The van der Waals surface area contributed by atoms with Gasteiger partial charge in [-0.15, -0.1) is 0 Å². The van der Waals surface area contributed by atoms with Gasteiger partial charge in [0.05, 0.1) is 17.5 Å². The highest BCUT2D eigenvalue weighted by molar-refractivity contribution is 6.31. The molecule has 0 bridgehead atoms. The summed E-state index contributed by atoms with van der Waals surface area (Å²) < 4.78 is 96.9. The van der Waals surface area contributed by atoms with Crippen LogP contribution < -0.4 is 0 Å². The van der Waals surface area contributed by atoms with Crippen LogP contribution in [-0.2, 0) is 29.0 Å². The molecular formula is C32H37ClF7N3O. The Hall–Kier alpha value is -2.37. The summed E-state index contributed by atoms with van der Waals surface area (Å²) in [5, 5.41) is 0.0914. The third kappa shape index (κ3) is 7.36. The normalized spacial score (nSPS) is 23.0. The molecule has 1 amide bonds. The zero-order chi connectivity index (χ0) is 31.7. The molecule has 0 spiro atoms. The average molecular weight is 648 g/mol. The summed E-state index contributed by atoms with van der Waals surface area (Å²) in [6.07, 6.45) is -3.95. The third-order valence-electron chi connectivity index (χ3n) is 9.74. The third-order valence-corrected chi connectivity index (χ3v) is 10.1. The standard InChI is InChI=1S/C32H37ClF7N3O/c33-27-7-4-8-28(34)24(27)20-29(44)43-14-12-30(21-43,22-9-10-25(31(35,36)37)26(19-22)32(38,39)40)11-13-41-15-17-42(18-16-41)23-5-2-1-3-6-23/h4,7-10,19,23H,1-3,5-6,11-18,20-21H2. The van der Waals surface area contributed by atoms with Gasteiger partial charge in [0.2, 0.25) is 5.91 Å². The Labute approximate surface area is 258 Å². The molecule has 1 atom stereocenters. The Morgan fingerprint density at radius 2 is 1.57 bits per heavy atom. The van der Waals surface area contributed by atoms with E-state index in [2.05, 4.69) is 9.80 Å². The maximum absolute atomic E-state index is 14.4. The number of amides is 1. The molecule has 3 aliphatic rings. The molecular weight excluding hydrogens is 611 g/mol. The quantitative estimate of drug-likeness (QED) is 0.290. The molecule has 2 aliphatic heterocycles. The molecule has 1 aliphatic carbocycles. The molecule has 2 aromatic carbocycles. The highest BCUT2D eigenvalue weighted by atomic mass is 35.5. The van der Waals surface area contributed by atoms with Gasteiger partial charge in [-0.05, 0) is 62.1 Å². The molecule has 2 saturated heterocycles. The predicted molar refractivity (Wildman–Crippen MR) is 154 cm³/mol. The second-order valence-electron chi connectivity index (χ2n) is 12.4. The van der Waals surface area contributed by atoms with E-state index in [1.54, 1.807) is 0 Å². The Kier molecular flexibility index (Phi) is 9.87. The molecule has 0 N–H and O–H groups in total. The van der Waals surface area contributed by atoms with Gasteiger partial charge in [-0.3, -0.25) is 9.69 Å². The first-order chi connectivity index (χ1) is 20.8. The molecule has 242 valence electrons. The lowest BCUT2D eigenvalue weighted by molar-refractivity contribution is -0.162. The Morgan fingerprint density at radius 3 is 2.20 bits per heavy atom. The molecule has 1 saturated carbocycles. The largest absolute Gasteiger partial charge is 0.417 e. The monoisotopic (exact) mass is 647 g/mol. The van der Waals surface area contributed by atoms with Crippen LogP contribution in [0.3, 0.4) is 0 Å². The van der Waals surface area contributed by atoms with E-state index < -0.39 is 40.6 Å². The fraction of sp³-hybridized carbons (Fsp3) is 0.594. The molecule has 12 heteroatoms. The maximum atomic E-state index is 14.4. The summed E-state index contributed by atoms with van der Waals surface area (Å²) in [4.78, 5) is 19.5. The van der Waals surface area contributed by atoms with Gasteiger partial charge in [0, 0.05) is 61.3 Å². The van der Waals surface area contributed by atoms with E-state index in [9.17, 15) is 35.5 Å². The number of hydrogen-bond acceptors (Lipinski definition) is 3. The molecule has 0 aromatic heterocycles. The number of piperazine rings is 1. The Morgan fingerprint density at radius 1 is 0.886 bits per heavy atom. The molecule has 2 heterocycles. The number of nitrogens with zero attached hydrogens (tertiary/aromatic N) is 3. The summed E-state index contributed by atoms with van der Waals surface area (Å²) in [6, 6.07) is 6.92. The smallest absolute Gasteiger partial charge is 0.341 e. The second-order valence-corrected chi connectivity index (χ2v) is 12.8. The lowest BCUT2D eigenvalue weighted by atomic mass is 9.75. The summed E-state index contributed by atoms with van der Waals surface area (Å²) in [6.45, 7) is 4.10. The zero-order valence-corrected chi connectivity index (χ0v) is 25.2. The highest BCUT2D eigenvalue weighted by Crippen LogP contribution is 2.45. The van der Waals surface area contributed by atoms with Gasteiger partial charge >= 0.3 is 12.4 Å². The van der Waals surface area contributed by atoms with Gasteiger partial charge < -0.3 is 9.80 Å². The Balaban J connectivity index is 1.37. The van der Waals surface area contributed by atoms with Crippen LogP contribution in [-0.4, -0.2) is 72.5 Å². The van der Waals surface area contributed by atoms with Crippen molar-refractivity contribution in [1.29, 1.82) is 0 Å². The van der Waals surface area contributed by atoms with Crippen molar-refractivity contribution in [3.8, 4) is 0 Å². The van der Waals surface area contributed by atoms with E-state index in [0.29, 0.717) is 31.1 Å². The fourth-order valence-electron chi connectivity index (χ4n) is 7.16. The van der Waals surface area contributed by atoms with Crippen LogP contribution in [0.15, 0.2) is 36.4 Å². The van der Waals surface area contributed by atoms with Gasteiger partial charge in [0.15, 0.2) is 0 Å².